The molecule has 0 radical (unpaired) electrons. The molecular formula is C14H15N3O2. The van der Waals surface area contributed by atoms with Crippen molar-refractivity contribution in [3.05, 3.63) is 53.9 Å². The quantitative estimate of drug-likeness (QED) is 0.852. The predicted octanol–water partition coefficient (Wildman–Crippen LogP) is 2.44. The highest BCUT2D eigenvalue weighted by Crippen LogP contribution is 2.16. The Labute approximate surface area is 111 Å². The molecule has 0 bridgehead atoms. The Morgan fingerprint density at radius 2 is 2.00 bits per heavy atom. The first-order valence-electron chi connectivity index (χ1n) is 5.93. The number of hydrogen-bond acceptors (Lipinski definition) is 5. The summed E-state index contributed by atoms with van der Waals surface area (Å²) in [4.78, 5) is 19.6. The van der Waals surface area contributed by atoms with E-state index in [0.717, 1.165) is 5.56 Å². The van der Waals surface area contributed by atoms with Crippen LogP contribution in [-0.2, 0) is 4.74 Å². The number of anilines is 1. The van der Waals surface area contributed by atoms with Crippen LogP contribution in [0.3, 0.4) is 0 Å². The maximum Gasteiger partial charge on any atom is 0.356 e. The number of benzene rings is 1. The molecule has 1 aromatic carbocycles. The van der Waals surface area contributed by atoms with Crippen molar-refractivity contribution < 1.29 is 9.53 Å². The van der Waals surface area contributed by atoms with Gasteiger partial charge in [-0.2, -0.15) is 0 Å². The van der Waals surface area contributed by atoms with Crippen molar-refractivity contribution >= 4 is 11.9 Å². The van der Waals surface area contributed by atoms with Crippen molar-refractivity contribution in [2.45, 2.75) is 13.0 Å². The van der Waals surface area contributed by atoms with Gasteiger partial charge < -0.3 is 10.1 Å². The van der Waals surface area contributed by atoms with Gasteiger partial charge in [-0.3, -0.25) is 0 Å². The number of rotatable bonds is 4. The van der Waals surface area contributed by atoms with Crippen molar-refractivity contribution in [1.82, 2.24) is 9.97 Å². The van der Waals surface area contributed by atoms with Crippen molar-refractivity contribution in [3.8, 4) is 0 Å². The molecule has 0 unspecified atom stereocenters. The number of nitrogens with zero attached hydrogens (tertiary/aromatic N) is 2. The van der Waals surface area contributed by atoms with Crippen molar-refractivity contribution in [2.75, 3.05) is 12.4 Å². The summed E-state index contributed by atoms with van der Waals surface area (Å²) >= 11 is 0. The summed E-state index contributed by atoms with van der Waals surface area (Å²) in [5, 5.41) is 3.15. The van der Waals surface area contributed by atoms with Gasteiger partial charge in [0.15, 0.2) is 5.69 Å². The lowest BCUT2D eigenvalue weighted by atomic mass is 10.1. The molecule has 5 nitrogen and oxygen atoms in total. The maximum absolute atomic E-state index is 11.4. The van der Waals surface area contributed by atoms with E-state index in [-0.39, 0.29) is 11.7 Å². The van der Waals surface area contributed by atoms with Gasteiger partial charge in [0.2, 0.25) is 5.95 Å². The normalized spacial score (nSPS) is 11.7. The molecule has 0 amide bonds. The number of aromatic nitrogens is 2. The summed E-state index contributed by atoms with van der Waals surface area (Å²) in [6, 6.07) is 11.5. The summed E-state index contributed by atoms with van der Waals surface area (Å²) in [7, 11) is 1.32. The second kappa shape index (κ2) is 5.95. The number of methoxy groups -OCH3 is 1. The Morgan fingerprint density at radius 1 is 1.26 bits per heavy atom. The highest BCUT2D eigenvalue weighted by Gasteiger charge is 2.10. The molecule has 0 fully saturated rings. The van der Waals surface area contributed by atoms with Crippen LogP contribution in [0.4, 0.5) is 5.95 Å². The molecule has 19 heavy (non-hydrogen) atoms. The van der Waals surface area contributed by atoms with Crippen molar-refractivity contribution in [3.63, 3.8) is 0 Å². The number of esters is 1. The molecule has 2 rings (SSSR count). The second-order valence-electron chi connectivity index (χ2n) is 4.03. The van der Waals surface area contributed by atoms with Crippen LogP contribution in [0, 0.1) is 0 Å². The first kappa shape index (κ1) is 13.0. The monoisotopic (exact) mass is 257 g/mol. The largest absolute Gasteiger partial charge is 0.464 e. The number of carbonyl (C=O) groups excluding carboxylic acids is 1. The molecule has 1 aromatic heterocycles. The summed E-state index contributed by atoms with van der Waals surface area (Å²) < 4.78 is 4.62. The van der Waals surface area contributed by atoms with E-state index in [1.165, 1.54) is 19.4 Å². The molecule has 0 saturated heterocycles. The van der Waals surface area contributed by atoms with Gasteiger partial charge in [0.1, 0.15) is 0 Å². The molecule has 1 atom stereocenters. The summed E-state index contributed by atoms with van der Waals surface area (Å²) in [5.41, 5.74) is 1.36. The lowest BCUT2D eigenvalue weighted by molar-refractivity contribution is 0.0594. The zero-order chi connectivity index (χ0) is 13.7. The highest BCUT2D eigenvalue weighted by molar-refractivity contribution is 5.87. The van der Waals surface area contributed by atoms with Crippen molar-refractivity contribution in [1.29, 1.82) is 0 Å². The van der Waals surface area contributed by atoms with E-state index in [0.29, 0.717) is 5.95 Å². The minimum absolute atomic E-state index is 0.0501. The van der Waals surface area contributed by atoms with Crippen LogP contribution in [0.25, 0.3) is 0 Å². The van der Waals surface area contributed by atoms with Crippen LogP contribution < -0.4 is 5.32 Å². The first-order valence-corrected chi connectivity index (χ1v) is 5.93. The van der Waals surface area contributed by atoms with E-state index in [4.69, 9.17) is 0 Å². The smallest absolute Gasteiger partial charge is 0.356 e. The van der Waals surface area contributed by atoms with Crippen LogP contribution >= 0.6 is 0 Å². The fourth-order valence-electron chi connectivity index (χ4n) is 1.67. The molecule has 0 saturated carbocycles. The van der Waals surface area contributed by atoms with Gasteiger partial charge in [-0.15, -0.1) is 0 Å². The predicted molar refractivity (Wildman–Crippen MR) is 71.9 cm³/mol. The third-order valence-electron chi connectivity index (χ3n) is 2.70. The first-order chi connectivity index (χ1) is 9.20. The zero-order valence-electron chi connectivity index (χ0n) is 10.8. The molecule has 5 heteroatoms. The van der Waals surface area contributed by atoms with Crippen LogP contribution in [0.5, 0.6) is 0 Å². The Kier molecular flexibility index (Phi) is 4.07. The standard InChI is InChI=1S/C14H15N3O2/c1-10(11-6-4-3-5-7-11)16-14-15-9-8-12(17-14)13(18)19-2/h3-10H,1-2H3,(H,15,16,17)/t10-/m0/s1. The highest BCUT2D eigenvalue weighted by atomic mass is 16.5. The fraction of sp³-hybridized carbons (Fsp3) is 0.214. The average molecular weight is 257 g/mol. The molecule has 0 aliphatic carbocycles. The SMILES string of the molecule is COC(=O)c1ccnc(N[C@@H](C)c2ccccc2)n1. The Hall–Kier alpha value is -2.43. The van der Waals surface area contributed by atoms with Gasteiger partial charge in [0.05, 0.1) is 13.2 Å². The van der Waals surface area contributed by atoms with Gasteiger partial charge in [0.25, 0.3) is 0 Å². The second-order valence-corrected chi connectivity index (χ2v) is 4.03. The average Bonchev–Trinajstić information content (AvgIpc) is 2.47. The summed E-state index contributed by atoms with van der Waals surface area (Å²) in [6.45, 7) is 2.00. The van der Waals surface area contributed by atoms with E-state index in [1.807, 2.05) is 37.3 Å². The van der Waals surface area contributed by atoms with E-state index in [9.17, 15) is 4.79 Å². The molecular weight excluding hydrogens is 242 g/mol. The van der Waals surface area contributed by atoms with E-state index in [1.54, 1.807) is 0 Å². The molecule has 0 spiro atoms. The Bertz CT molecular complexity index is 558. The van der Waals surface area contributed by atoms with Gasteiger partial charge >= 0.3 is 5.97 Å². The van der Waals surface area contributed by atoms with E-state index < -0.39 is 5.97 Å². The zero-order valence-corrected chi connectivity index (χ0v) is 10.8. The van der Waals surface area contributed by atoms with Crippen LogP contribution in [0.2, 0.25) is 0 Å². The number of ether oxygens (including phenoxy) is 1. The third-order valence-corrected chi connectivity index (χ3v) is 2.70. The molecule has 1 heterocycles. The minimum Gasteiger partial charge on any atom is -0.464 e. The van der Waals surface area contributed by atoms with E-state index >= 15 is 0 Å². The van der Waals surface area contributed by atoms with E-state index in [2.05, 4.69) is 20.0 Å². The van der Waals surface area contributed by atoms with Gasteiger partial charge in [-0.1, -0.05) is 30.3 Å². The van der Waals surface area contributed by atoms with Gasteiger partial charge in [0, 0.05) is 6.20 Å². The van der Waals surface area contributed by atoms with Crippen molar-refractivity contribution in [2.24, 2.45) is 0 Å². The van der Waals surface area contributed by atoms with Crippen LogP contribution in [0.1, 0.15) is 29.0 Å². The molecule has 2 aromatic rings. The van der Waals surface area contributed by atoms with Crippen LogP contribution in [-0.4, -0.2) is 23.0 Å². The Morgan fingerprint density at radius 3 is 2.68 bits per heavy atom. The third kappa shape index (κ3) is 3.28. The maximum atomic E-state index is 11.4. The Balaban J connectivity index is 2.13. The van der Waals surface area contributed by atoms with Gasteiger partial charge in [-0.25, -0.2) is 14.8 Å². The number of carbonyl (C=O) groups is 1. The summed E-state index contributed by atoms with van der Waals surface area (Å²) in [6.07, 6.45) is 1.53. The topological polar surface area (TPSA) is 64.1 Å². The lowest BCUT2D eigenvalue weighted by Gasteiger charge is -2.14. The van der Waals surface area contributed by atoms with Gasteiger partial charge in [-0.05, 0) is 18.6 Å². The molecule has 0 aliphatic rings. The number of hydrogen-bond donors (Lipinski definition) is 1. The number of nitrogens with one attached hydrogen (secondary N) is 1. The molecule has 0 aliphatic heterocycles. The molecule has 1 N–H and O–H groups in total. The minimum atomic E-state index is -0.474. The molecule has 98 valence electrons. The summed E-state index contributed by atoms with van der Waals surface area (Å²) in [5.74, 6) is -0.0722. The lowest BCUT2D eigenvalue weighted by Crippen LogP contribution is -2.12. The fourth-order valence-corrected chi connectivity index (χ4v) is 1.67. The van der Waals surface area contributed by atoms with Crippen LogP contribution in [0.15, 0.2) is 42.6 Å².